The number of anilines is 2. The van der Waals surface area contributed by atoms with Crippen LogP contribution in [-0.2, 0) is 13.0 Å². The summed E-state index contributed by atoms with van der Waals surface area (Å²) in [7, 11) is 0. The minimum atomic E-state index is -0.547. The van der Waals surface area contributed by atoms with Crippen LogP contribution in [-0.4, -0.2) is 18.0 Å². The standard InChI is InChI=1S/C24H21ClFN3O2/c1-15-11-18-8-7-16(12-22(18)29(15)23(30)17-5-3-2-4-6-17)14-27-24(31)28-19-9-10-21(26)20(25)13-19/h2-10,12-13,15H,11,14H2,1H3,(H2,27,28,31)/t15-/m1/s1. The Morgan fingerprint density at radius 1 is 1.10 bits per heavy atom. The third-order valence-corrected chi connectivity index (χ3v) is 5.53. The van der Waals surface area contributed by atoms with Gasteiger partial charge in [0, 0.05) is 29.5 Å². The van der Waals surface area contributed by atoms with Gasteiger partial charge in [-0.15, -0.1) is 0 Å². The number of amides is 3. The highest BCUT2D eigenvalue weighted by Gasteiger charge is 2.31. The van der Waals surface area contributed by atoms with Crippen molar-refractivity contribution in [3.05, 3.63) is 94.3 Å². The van der Waals surface area contributed by atoms with Crippen LogP contribution in [0.4, 0.5) is 20.6 Å². The van der Waals surface area contributed by atoms with Gasteiger partial charge in [0.1, 0.15) is 5.82 Å². The van der Waals surface area contributed by atoms with E-state index in [9.17, 15) is 14.0 Å². The smallest absolute Gasteiger partial charge is 0.319 e. The summed E-state index contributed by atoms with van der Waals surface area (Å²) in [6.45, 7) is 2.30. The summed E-state index contributed by atoms with van der Waals surface area (Å²) in [4.78, 5) is 27.1. The zero-order chi connectivity index (χ0) is 22.0. The molecule has 1 atom stereocenters. The molecule has 0 fully saturated rings. The van der Waals surface area contributed by atoms with Gasteiger partial charge in [-0.25, -0.2) is 9.18 Å². The van der Waals surface area contributed by atoms with E-state index in [-0.39, 0.29) is 23.5 Å². The predicted molar refractivity (Wildman–Crippen MR) is 120 cm³/mol. The van der Waals surface area contributed by atoms with Crippen molar-refractivity contribution in [1.82, 2.24) is 5.32 Å². The van der Waals surface area contributed by atoms with Crippen molar-refractivity contribution in [3.8, 4) is 0 Å². The Hall–Kier alpha value is -3.38. The van der Waals surface area contributed by atoms with E-state index >= 15 is 0 Å². The maximum Gasteiger partial charge on any atom is 0.319 e. The van der Waals surface area contributed by atoms with Gasteiger partial charge in [-0.2, -0.15) is 0 Å². The van der Waals surface area contributed by atoms with E-state index in [1.807, 2.05) is 60.4 Å². The molecule has 1 aliphatic rings. The average molecular weight is 438 g/mol. The van der Waals surface area contributed by atoms with Crippen LogP contribution in [0.15, 0.2) is 66.7 Å². The quantitative estimate of drug-likeness (QED) is 0.574. The van der Waals surface area contributed by atoms with Crippen LogP contribution >= 0.6 is 11.6 Å². The van der Waals surface area contributed by atoms with Crippen LogP contribution in [0.5, 0.6) is 0 Å². The van der Waals surface area contributed by atoms with Gasteiger partial charge < -0.3 is 15.5 Å². The molecule has 2 N–H and O–H groups in total. The van der Waals surface area contributed by atoms with Crippen LogP contribution in [0.2, 0.25) is 5.02 Å². The van der Waals surface area contributed by atoms with Gasteiger partial charge in [0.15, 0.2) is 0 Å². The lowest BCUT2D eigenvalue weighted by Gasteiger charge is -2.23. The van der Waals surface area contributed by atoms with Crippen molar-refractivity contribution in [3.63, 3.8) is 0 Å². The molecule has 0 spiro atoms. The molecule has 4 rings (SSSR count). The molecule has 3 aromatic rings. The minimum absolute atomic E-state index is 0.0390. The normalized spacial score (nSPS) is 14.8. The summed E-state index contributed by atoms with van der Waals surface area (Å²) in [5, 5.41) is 5.33. The number of carbonyl (C=O) groups is 2. The number of nitrogens with one attached hydrogen (secondary N) is 2. The topological polar surface area (TPSA) is 61.4 Å². The second kappa shape index (κ2) is 8.78. The fourth-order valence-electron chi connectivity index (χ4n) is 3.72. The summed E-state index contributed by atoms with van der Waals surface area (Å²) in [5.74, 6) is -0.586. The maximum atomic E-state index is 13.3. The number of carbonyl (C=O) groups excluding carboxylic acids is 2. The van der Waals surface area contributed by atoms with Crippen molar-refractivity contribution in [2.24, 2.45) is 0 Å². The molecule has 1 aliphatic heterocycles. The van der Waals surface area contributed by atoms with Crippen LogP contribution in [0.25, 0.3) is 0 Å². The van der Waals surface area contributed by atoms with E-state index in [0.717, 1.165) is 23.2 Å². The molecule has 31 heavy (non-hydrogen) atoms. The van der Waals surface area contributed by atoms with Crippen LogP contribution in [0.3, 0.4) is 0 Å². The maximum absolute atomic E-state index is 13.3. The Morgan fingerprint density at radius 2 is 1.87 bits per heavy atom. The highest BCUT2D eigenvalue weighted by Crippen LogP contribution is 2.34. The number of rotatable bonds is 4. The fraction of sp³-hybridized carbons (Fsp3) is 0.167. The molecule has 3 aromatic carbocycles. The molecular weight excluding hydrogens is 417 g/mol. The number of urea groups is 1. The Labute approximate surface area is 184 Å². The average Bonchev–Trinajstić information content (AvgIpc) is 3.10. The van der Waals surface area contributed by atoms with Gasteiger partial charge in [0.05, 0.1) is 5.02 Å². The molecule has 0 aliphatic carbocycles. The number of hydrogen-bond acceptors (Lipinski definition) is 2. The molecular formula is C24H21ClFN3O2. The third-order valence-electron chi connectivity index (χ3n) is 5.24. The second-order valence-corrected chi connectivity index (χ2v) is 7.90. The van der Waals surface area contributed by atoms with E-state index in [0.29, 0.717) is 11.3 Å². The van der Waals surface area contributed by atoms with E-state index in [1.54, 1.807) is 0 Å². The molecule has 0 bridgehead atoms. The molecule has 0 saturated heterocycles. The summed E-state index contributed by atoms with van der Waals surface area (Å²) >= 11 is 5.74. The fourth-order valence-corrected chi connectivity index (χ4v) is 3.90. The van der Waals surface area contributed by atoms with Crippen molar-refractivity contribution < 1.29 is 14.0 Å². The summed E-state index contributed by atoms with van der Waals surface area (Å²) < 4.78 is 13.3. The number of fused-ring (bicyclic) bond motifs is 1. The minimum Gasteiger partial charge on any atom is -0.334 e. The predicted octanol–water partition coefficient (Wildman–Crippen LogP) is 5.39. The van der Waals surface area contributed by atoms with Crippen molar-refractivity contribution in [2.45, 2.75) is 25.9 Å². The first-order valence-electron chi connectivity index (χ1n) is 9.92. The Balaban J connectivity index is 1.45. The summed E-state index contributed by atoms with van der Waals surface area (Å²) in [6.07, 6.45) is 0.785. The molecule has 158 valence electrons. The number of nitrogens with zero attached hydrogens (tertiary/aromatic N) is 1. The Bertz CT molecular complexity index is 1140. The largest absolute Gasteiger partial charge is 0.334 e. The molecule has 0 radical (unpaired) electrons. The highest BCUT2D eigenvalue weighted by molar-refractivity contribution is 6.31. The first-order valence-corrected chi connectivity index (χ1v) is 10.3. The number of benzene rings is 3. The summed E-state index contributed by atoms with van der Waals surface area (Å²) in [6, 6.07) is 18.7. The SMILES string of the molecule is C[C@@H]1Cc2ccc(CNC(=O)Nc3ccc(F)c(Cl)c3)cc2N1C(=O)c1ccccc1. The molecule has 7 heteroatoms. The van der Waals surface area contributed by atoms with Crippen LogP contribution in [0.1, 0.15) is 28.4 Å². The zero-order valence-electron chi connectivity index (χ0n) is 16.9. The monoisotopic (exact) mass is 437 g/mol. The van der Waals surface area contributed by atoms with Crippen molar-refractivity contribution >= 4 is 34.9 Å². The second-order valence-electron chi connectivity index (χ2n) is 7.49. The highest BCUT2D eigenvalue weighted by atomic mass is 35.5. The molecule has 5 nitrogen and oxygen atoms in total. The van der Waals surface area contributed by atoms with Gasteiger partial charge in [0.2, 0.25) is 0 Å². The van der Waals surface area contributed by atoms with E-state index in [1.165, 1.54) is 18.2 Å². The van der Waals surface area contributed by atoms with E-state index < -0.39 is 11.8 Å². The van der Waals surface area contributed by atoms with Crippen LogP contribution in [0, 0.1) is 5.82 Å². The first-order chi connectivity index (χ1) is 14.9. The Kier molecular flexibility index (Phi) is 5.91. The third kappa shape index (κ3) is 4.54. The lowest BCUT2D eigenvalue weighted by atomic mass is 10.1. The van der Waals surface area contributed by atoms with Gasteiger partial charge in [-0.05, 0) is 60.9 Å². The van der Waals surface area contributed by atoms with Gasteiger partial charge >= 0.3 is 6.03 Å². The van der Waals surface area contributed by atoms with Gasteiger partial charge in [0.25, 0.3) is 5.91 Å². The zero-order valence-corrected chi connectivity index (χ0v) is 17.6. The molecule has 1 heterocycles. The molecule has 0 aromatic heterocycles. The lowest BCUT2D eigenvalue weighted by molar-refractivity contribution is 0.0981. The van der Waals surface area contributed by atoms with Crippen LogP contribution < -0.4 is 15.5 Å². The van der Waals surface area contributed by atoms with Crippen molar-refractivity contribution in [2.75, 3.05) is 10.2 Å². The van der Waals surface area contributed by atoms with Gasteiger partial charge in [-0.1, -0.05) is 41.9 Å². The molecule has 0 saturated carbocycles. The summed E-state index contributed by atoms with van der Waals surface area (Å²) in [5.41, 5.74) is 3.87. The number of halogens is 2. The number of hydrogen-bond donors (Lipinski definition) is 2. The first kappa shape index (κ1) is 20.9. The Morgan fingerprint density at radius 3 is 2.61 bits per heavy atom. The molecule has 3 amide bonds. The van der Waals surface area contributed by atoms with E-state index in [2.05, 4.69) is 10.6 Å². The van der Waals surface area contributed by atoms with E-state index in [4.69, 9.17) is 11.6 Å². The molecule has 0 unspecified atom stereocenters. The van der Waals surface area contributed by atoms with Gasteiger partial charge in [-0.3, -0.25) is 4.79 Å². The van der Waals surface area contributed by atoms with Crippen molar-refractivity contribution in [1.29, 1.82) is 0 Å². The lowest BCUT2D eigenvalue weighted by Crippen LogP contribution is -2.35.